The van der Waals surface area contributed by atoms with Crippen LogP contribution in [0.4, 0.5) is 0 Å². The van der Waals surface area contributed by atoms with Crippen molar-refractivity contribution in [3.8, 4) is 17.2 Å². The first-order valence-corrected chi connectivity index (χ1v) is 12.3. The Hall–Kier alpha value is -4.52. The van der Waals surface area contributed by atoms with Crippen molar-refractivity contribution >= 4 is 18.0 Å². The first-order valence-electron chi connectivity index (χ1n) is 12.3. The predicted octanol–water partition coefficient (Wildman–Crippen LogP) is 5.20. The molecule has 0 bridgehead atoms. The summed E-state index contributed by atoms with van der Waals surface area (Å²) in [6, 6.07) is 23.0. The summed E-state index contributed by atoms with van der Waals surface area (Å²) in [6.45, 7) is 2.62. The molecule has 4 rings (SSSR count). The molecule has 0 aromatic heterocycles. The summed E-state index contributed by atoms with van der Waals surface area (Å²) < 4.78 is 21.6. The molecule has 1 heterocycles. The number of methoxy groups -OCH3 is 3. The fraction of sp³-hybridized carbons (Fsp3) is 0.226. The van der Waals surface area contributed by atoms with Gasteiger partial charge in [-0.15, -0.1) is 0 Å². The van der Waals surface area contributed by atoms with Crippen LogP contribution in [-0.4, -0.2) is 44.7 Å². The van der Waals surface area contributed by atoms with Gasteiger partial charge in [0.15, 0.2) is 11.5 Å². The second-order valence-corrected chi connectivity index (χ2v) is 8.75. The van der Waals surface area contributed by atoms with Crippen LogP contribution in [0.1, 0.15) is 23.6 Å². The molecule has 7 heteroatoms. The lowest BCUT2D eigenvalue weighted by molar-refractivity contribution is -0.136. The smallest absolute Gasteiger partial charge is 0.340 e. The van der Waals surface area contributed by atoms with Gasteiger partial charge in [-0.3, -0.25) is 4.79 Å². The highest BCUT2D eigenvalue weighted by Crippen LogP contribution is 2.33. The molecule has 0 unspecified atom stereocenters. The molecule has 1 aliphatic rings. The van der Waals surface area contributed by atoms with E-state index >= 15 is 0 Å². The number of hydrogen-bond donors (Lipinski definition) is 0. The SMILES string of the molecule is COC(=O)C1=C(C)N(CCc2ccc(OC)c(OC)c2)C(=O)/C1=C\c1ccc(OCc2ccccc2)cc1. The summed E-state index contributed by atoms with van der Waals surface area (Å²) in [4.78, 5) is 27.7. The highest BCUT2D eigenvalue weighted by atomic mass is 16.5. The number of carbonyl (C=O) groups excluding carboxylic acids is 2. The minimum Gasteiger partial charge on any atom is -0.493 e. The second-order valence-electron chi connectivity index (χ2n) is 8.75. The predicted molar refractivity (Wildman–Crippen MR) is 145 cm³/mol. The average Bonchev–Trinajstić information content (AvgIpc) is 3.19. The van der Waals surface area contributed by atoms with Gasteiger partial charge in [0.1, 0.15) is 12.4 Å². The Labute approximate surface area is 222 Å². The quantitative estimate of drug-likeness (QED) is 0.274. The zero-order valence-corrected chi connectivity index (χ0v) is 22.0. The van der Waals surface area contributed by atoms with Crippen molar-refractivity contribution in [2.24, 2.45) is 0 Å². The monoisotopic (exact) mass is 513 g/mol. The summed E-state index contributed by atoms with van der Waals surface area (Å²) in [5.41, 5.74) is 3.97. The largest absolute Gasteiger partial charge is 0.493 e. The third-order valence-electron chi connectivity index (χ3n) is 6.41. The minimum absolute atomic E-state index is 0.243. The molecule has 3 aromatic rings. The van der Waals surface area contributed by atoms with Crippen LogP contribution in [0, 0.1) is 0 Å². The highest BCUT2D eigenvalue weighted by molar-refractivity contribution is 6.16. The van der Waals surface area contributed by atoms with Gasteiger partial charge in [-0.25, -0.2) is 4.79 Å². The van der Waals surface area contributed by atoms with Gasteiger partial charge in [0, 0.05) is 12.2 Å². The number of benzene rings is 3. The lowest BCUT2D eigenvalue weighted by atomic mass is 10.0. The molecule has 0 saturated heterocycles. The van der Waals surface area contributed by atoms with Gasteiger partial charge in [-0.2, -0.15) is 0 Å². The van der Waals surface area contributed by atoms with Gasteiger partial charge >= 0.3 is 5.97 Å². The molecule has 0 radical (unpaired) electrons. The number of hydrogen-bond acceptors (Lipinski definition) is 6. The van der Waals surface area contributed by atoms with Gasteiger partial charge in [0.25, 0.3) is 5.91 Å². The number of nitrogens with zero attached hydrogens (tertiary/aromatic N) is 1. The van der Waals surface area contributed by atoms with E-state index in [-0.39, 0.29) is 11.5 Å². The number of ether oxygens (including phenoxy) is 4. The van der Waals surface area contributed by atoms with E-state index in [0.717, 1.165) is 16.7 Å². The second kappa shape index (κ2) is 12.1. The van der Waals surface area contributed by atoms with E-state index in [4.69, 9.17) is 18.9 Å². The summed E-state index contributed by atoms with van der Waals surface area (Å²) in [5, 5.41) is 0. The molecule has 1 aliphatic heterocycles. The van der Waals surface area contributed by atoms with E-state index in [9.17, 15) is 9.59 Å². The van der Waals surface area contributed by atoms with E-state index in [1.165, 1.54) is 7.11 Å². The number of carbonyl (C=O) groups is 2. The van der Waals surface area contributed by atoms with E-state index < -0.39 is 5.97 Å². The fourth-order valence-electron chi connectivity index (χ4n) is 4.34. The topological polar surface area (TPSA) is 74.3 Å². The Balaban J connectivity index is 1.51. The summed E-state index contributed by atoms with van der Waals surface area (Å²) in [7, 11) is 4.48. The standard InChI is InChI=1S/C31H31NO6/c1-21-29(31(34)37-4)26(18-22-10-13-25(14-11-22)38-20-24-8-6-5-7-9-24)30(33)32(21)17-16-23-12-15-27(35-2)28(19-23)36-3/h5-15,18-19H,16-17,20H2,1-4H3/b26-18-. The van der Waals surface area contributed by atoms with Crippen LogP contribution in [0.15, 0.2) is 89.6 Å². The van der Waals surface area contributed by atoms with Crippen molar-refractivity contribution in [1.29, 1.82) is 0 Å². The van der Waals surface area contributed by atoms with Crippen LogP contribution in [0.5, 0.6) is 17.2 Å². The highest BCUT2D eigenvalue weighted by Gasteiger charge is 2.36. The fourth-order valence-corrected chi connectivity index (χ4v) is 4.34. The number of esters is 1. The molecule has 0 saturated carbocycles. The van der Waals surface area contributed by atoms with E-state index in [1.54, 1.807) is 32.1 Å². The first-order chi connectivity index (χ1) is 18.4. The lowest BCUT2D eigenvalue weighted by Crippen LogP contribution is -2.27. The minimum atomic E-state index is -0.543. The Morgan fingerprint density at radius 2 is 1.58 bits per heavy atom. The molecule has 0 aliphatic carbocycles. The Morgan fingerprint density at radius 3 is 2.24 bits per heavy atom. The van der Waals surface area contributed by atoms with Crippen LogP contribution in [0.25, 0.3) is 6.08 Å². The van der Waals surface area contributed by atoms with Gasteiger partial charge in [0.05, 0.1) is 32.5 Å². The van der Waals surface area contributed by atoms with Crippen LogP contribution in [0.2, 0.25) is 0 Å². The van der Waals surface area contributed by atoms with E-state index in [0.29, 0.717) is 48.1 Å². The van der Waals surface area contributed by atoms with Crippen LogP contribution in [-0.2, 0) is 27.4 Å². The molecule has 38 heavy (non-hydrogen) atoms. The molecule has 7 nitrogen and oxygen atoms in total. The summed E-state index contributed by atoms with van der Waals surface area (Å²) >= 11 is 0. The molecule has 0 spiro atoms. The van der Waals surface area contributed by atoms with Gasteiger partial charge < -0.3 is 23.8 Å². The molecule has 3 aromatic carbocycles. The Morgan fingerprint density at radius 1 is 0.868 bits per heavy atom. The van der Waals surface area contributed by atoms with Crippen LogP contribution in [0.3, 0.4) is 0 Å². The third-order valence-corrected chi connectivity index (χ3v) is 6.41. The van der Waals surface area contributed by atoms with Crippen molar-refractivity contribution < 1.29 is 28.5 Å². The van der Waals surface area contributed by atoms with Crippen molar-refractivity contribution in [2.45, 2.75) is 20.0 Å². The van der Waals surface area contributed by atoms with Gasteiger partial charge in [-0.05, 0) is 60.4 Å². The summed E-state index contributed by atoms with van der Waals surface area (Å²) in [5.74, 6) is 1.19. The molecular weight excluding hydrogens is 482 g/mol. The van der Waals surface area contributed by atoms with E-state index in [1.807, 2.05) is 72.8 Å². The maximum absolute atomic E-state index is 13.5. The lowest BCUT2D eigenvalue weighted by Gasteiger charge is -2.18. The molecule has 0 atom stereocenters. The first kappa shape index (κ1) is 26.5. The normalized spacial score (nSPS) is 14.2. The summed E-state index contributed by atoms with van der Waals surface area (Å²) in [6.07, 6.45) is 2.29. The molecule has 1 amide bonds. The van der Waals surface area contributed by atoms with Crippen molar-refractivity contribution in [3.05, 3.63) is 106 Å². The Kier molecular flexibility index (Phi) is 8.48. The number of rotatable bonds is 10. The zero-order valence-electron chi connectivity index (χ0n) is 22.0. The van der Waals surface area contributed by atoms with Crippen molar-refractivity contribution in [1.82, 2.24) is 4.90 Å². The molecular formula is C31H31NO6. The molecule has 0 N–H and O–H groups in total. The number of allylic oxidation sites excluding steroid dienone is 1. The number of amides is 1. The molecule has 0 fully saturated rings. The van der Waals surface area contributed by atoms with E-state index in [2.05, 4.69) is 0 Å². The molecule has 196 valence electrons. The van der Waals surface area contributed by atoms with Crippen molar-refractivity contribution in [3.63, 3.8) is 0 Å². The maximum atomic E-state index is 13.5. The zero-order chi connectivity index (χ0) is 27.1. The average molecular weight is 514 g/mol. The van der Waals surface area contributed by atoms with Crippen LogP contribution < -0.4 is 14.2 Å². The van der Waals surface area contributed by atoms with Gasteiger partial charge in [0.2, 0.25) is 0 Å². The Bertz CT molecular complexity index is 1360. The van der Waals surface area contributed by atoms with Crippen LogP contribution >= 0.6 is 0 Å². The van der Waals surface area contributed by atoms with Crippen molar-refractivity contribution in [2.75, 3.05) is 27.9 Å². The van der Waals surface area contributed by atoms with Gasteiger partial charge in [-0.1, -0.05) is 48.5 Å². The third kappa shape index (κ3) is 5.89. The maximum Gasteiger partial charge on any atom is 0.340 e.